The molecule has 2 aromatic carbocycles. The number of nitrogens with one attached hydrogen (secondary N) is 1. The van der Waals surface area contributed by atoms with Crippen LogP contribution in [0.1, 0.15) is 24.0 Å². The van der Waals surface area contributed by atoms with Crippen molar-refractivity contribution in [1.29, 1.82) is 0 Å². The molecule has 32 heavy (non-hydrogen) atoms. The maximum atomic E-state index is 13.0. The Kier molecular flexibility index (Phi) is 7.66. The summed E-state index contributed by atoms with van der Waals surface area (Å²) in [5, 5.41) is 2.49. The number of anilines is 1. The highest BCUT2D eigenvalue weighted by molar-refractivity contribution is 7.88. The minimum atomic E-state index is -4.67. The van der Waals surface area contributed by atoms with E-state index in [4.69, 9.17) is 34.8 Å². The van der Waals surface area contributed by atoms with Gasteiger partial charge in [0.1, 0.15) is 0 Å². The molecule has 1 N–H and O–H groups in total. The third kappa shape index (κ3) is 6.08. The molecule has 1 aliphatic rings. The second-order valence-corrected chi connectivity index (χ2v) is 10.6. The lowest BCUT2D eigenvalue weighted by Gasteiger charge is -2.31. The van der Waals surface area contributed by atoms with Gasteiger partial charge in [-0.2, -0.15) is 13.2 Å². The molecule has 0 radical (unpaired) electrons. The number of carbonyl (C=O) groups is 1. The molecule has 1 unspecified atom stereocenters. The van der Waals surface area contributed by atoms with Crippen LogP contribution in [-0.2, 0) is 26.7 Å². The van der Waals surface area contributed by atoms with Gasteiger partial charge in [0.05, 0.1) is 32.3 Å². The lowest BCUT2D eigenvalue weighted by molar-refractivity contribution is -0.137. The number of rotatable bonds is 5. The number of sulfonamides is 1. The van der Waals surface area contributed by atoms with Gasteiger partial charge in [0, 0.05) is 18.8 Å². The van der Waals surface area contributed by atoms with Crippen molar-refractivity contribution in [1.82, 2.24) is 4.31 Å². The Morgan fingerprint density at radius 3 is 2.41 bits per heavy atom. The van der Waals surface area contributed by atoms with E-state index in [-0.39, 0.29) is 29.6 Å². The Balaban J connectivity index is 1.70. The summed E-state index contributed by atoms with van der Waals surface area (Å²) in [6, 6.07) is 7.59. The number of hydrogen-bond acceptors (Lipinski definition) is 3. The highest BCUT2D eigenvalue weighted by atomic mass is 35.5. The summed E-state index contributed by atoms with van der Waals surface area (Å²) in [4.78, 5) is 12.6. The topological polar surface area (TPSA) is 66.5 Å². The van der Waals surface area contributed by atoms with Gasteiger partial charge in [0.2, 0.25) is 15.9 Å². The molecule has 5 nitrogen and oxygen atoms in total. The van der Waals surface area contributed by atoms with Crippen LogP contribution in [0.15, 0.2) is 36.4 Å². The Labute approximate surface area is 198 Å². The van der Waals surface area contributed by atoms with Gasteiger partial charge < -0.3 is 5.32 Å². The van der Waals surface area contributed by atoms with Gasteiger partial charge in [-0.1, -0.05) is 40.9 Å². The summed E-state index contributed by atoms with van der Waals surface area (Å²) < 4.78 is 66.0. The summed E-state index contributed by atoms with van der Waals surface area (Å²) in [5.74, 6) is -1.59. The van der Waals surface area contributed by atoms with Crippen LogP contribution in [0.25, 0.3) is 0 Å². The SMILES string of the molecule is O=C(Nc1ccc(Cl)c(C(F)(F)F)c1)C1CCCN(S(=O)(=O)Cc2ccc(Cl)c(Cl)c2)C1. The molecule has 0 saturated carbocycles. The van der Waals surface area contributed by atoms with Crippen LogP contribution >= 0.6 is 34.8 Å². The molecular weight excluding hydrogens is 512 g/mol. The third-order valence-corrected chi connectivity index (χ3v) is 7.91. The molecule has 0 bridgehead atoms. The van der Waals surface area contributed by atoms with Crippen molar-refractivity contribution >= 4 is 56.4 Å². The molecule has 12 heteroatoms. The molecule has 0 aromatic heterocycles. The Morgan fingerprint density at radius 1 is 1.06 bits per heavy atom. The fourth-order valence-electron chi connectivity index (χ4n) is 3.40. The molecule has 0 aliphatic carbocycles. The number of halogens is 6. The van der Waals surface area contributed by atoms with Crippen LogP contribution < -0.4 is 5.32 Å². The van der Waals surface area contributed by atoms with E-state index in [0.717, 1.165) is 12.1 Å². The molecule has 1 aliphatic heterocycles. The molecule has 1 fully saturated rings. The van der Waals surface area contributed by atoms with Crippen molar-refractivity contribution in [3.63, 3.8) is 0 Å². The number of carbonyl (C=O) groups excluding carboxylic acids is 1. The van der Waals surface area contributed by atoms with Gasteiger partial charge in [-0.15, -0.1) is 0 Å². The fraction of sp³-hybridized carbons (Fsp3) is 0.350. The number of piperidine rings is 1. The van der Waals surface area contributed by atoms with Crippen LogP contribution in [0, 0.1) is 5.92 Å². The van der Waals surface area contributed by atoms with Crippen LogP contribution in [0.3, 0.4) is 0 Å². The van der Waals surface area contributed by atoms with Crippen molar-refractivity contribution in [2.75, 3.05) is 18.4 Å². The van der Waals surface area contributed by atoms with Gasteiger partial charge >= 0.3 is 6.18 Å². The number of alkyl halides is 3. The van der Waals surface area contributed by atoms with Gasteiger partial charge in [-0.25, -0.2) is 12.7 Å². The smallest absolute Gasteiger partial charge is 0.326 e. The highest BCUT2D eigenvalue weighted by Gasteiger charge is 2.35. The standard InChI is InChI=1S/C20H18Cl3F3N2O3S/c21-16-6-4-14(9-15(16)20(24,25)26)27-19(29)13-2-1-7-28(10-13)32(30,31)11-12-3-5-17(22)18(23)8-12/h3-6,8-9,13H,1-2,7,10-11H2,(H,27,29). The molecule has 1 saturated heterocycles. The largest absolute Gasteiger partial charge is 0.417 e. The first-order chi connectivity index (χ1) is 14.9. The van der Waals surface area contributed by atoms with Crippen LogP contribution in [-0.4, -0.2) is 31.7 Å². The van der Waals surface area contributed by atoms with Crippen molar-refractivity contribution in [2.45, 2.75) is 24.8 Å². The van der Waals surface area contributed by atoms with Crippen molar-refractivity contribution in [3.8, 4) is 0 Å². The zero-order chi connectivity index (χ0) is 23.7. The quantitative estimate of drug-likeness (QED) is 0.529. The average molecular weight is 530 g/mol. The second kappa shape index (κ2) is 9.77. The Bertz CT molecular complexity index is 1130. The number of benzene rings is 2. The van der Waals surface area contributed by atoms with E-state index in [2.05, 4.69) is 5.32 Å². The number of amides is 1. The molecule has 1 heterocycles. The predicted octanol–water partition coefficient (Wildman–Crippen LogP) is 5.85. The average Bonchev–Trinajstić information content (AvgIpc) is 2.71. The van der Waals surface area contributed by atoms with Gasteiger partial charge in [0.25, 0.3) is 0 Å². The minimum Gasteiger partial charge on any atom is -0.326 e. The predicted molar refractivity (Wildman–Crippen MR) is 118 cm³/mol. The van der Waals surface area contributed by atoms with E-state index >= 15 is 0 Å². The third-order valence-electron chi connectivity index (χ3n) is 5.02. The second-order valence-electron chi connectivity index (χ2n) is 7.38. The van der Waals surface area contributed by atoms with Crippen molar-refractivity contribution in [2.24, 2.45) is 5.92 Å². The number of nitrogens with zero attached hydrogens (tertiary/aromatic N) is 1. The molecule has 3 rings (SSSR count). The summed E-state index contributed by atoms with van der Waals surface area (Å²) >= 11 is 17.4. The maximum absolute atomic E-state index is 13.0. The first kappa shape index (κ1) is 25.1. The van der Waals surface area contributed by atoms with Crippen LogP contribution in [0.4, 0.5) is 18.9 Å². The lowest BCUT2D eigenvalue weighted by Crippen LogP contribution is -2.44. The zero-order valence-electron chi connectivity index (χ0n) is 16.4. The van der Waals surface area contributed by atoms with Crippen molar-refractivity contribution < 1.29 is 26.4 Å². The molecule has 1 amide bonds. The van der Waals surface area contributed by atoms with Crippen LogP contribution in [0.2, 0.25) is 15.1 Å². The number of hydrogen-bond donors (Lipinski definition) is 1. The van der Waals surface area contributed by atoms with Crippen LogP contribution in [0.5, 0.6) is 0 Å². The summed E-state index contributed by atoms with van der Waals surface area (Å²) in [7, 11) is -3.75. The molecular formula is C20H18Cl3F3N2O3S. The Hall–Kier alpha value is -1.52. The maximum Gasteiger partial charge on any atom is 0.417 e. The molecule has 174 valence electrons. The van der Waals surface area contributed by atoms with E-state index in [1.54, 1.807) is 6.07 Å². The summed E-state index contributed by atoms with van der Waals surface area (Å²) in [5.41, 5.74) is -0.680. The van der Waals surface area contributed by atoms with Gasteiger partial charge in [0.15, 0.2) is 0 Å². The van der Waals surface area contributed by atoms with Gasteiger partial charge in [-0.3, -0.25) is 4.79 Å². The first-order valence-electron chi connectivity index (χ1n) is 9.46. The van der Waals surface area contributed by atoms with E-state index in [9.17, 15) is 26.4 Å². The highest BCUT2D eigenvalue weighted by Crippen LogP contribution is 2.36. The Morgan fingerprint density at radius 2 is 1.75 bits per heavy atom. The monoisotopic (exact) mass is 528 g/mol. The van der Waals surface area contributed by atoms with Crippen molar-refractivity contribution in [3.05, 3.63) is 62.6 Å². The van der Waals surface area contributed by atoms with Gasteiger partial charge in [-0.05, 0) is 48.7 Å². The zero-order valence-corrected chi connectivity index (χ0v) is 19.5. The molecule has 0 spiro atoms. The first-order valence-corrected chi connectivity index (χ1v) is 12.2. The summed E-state index contributed by atoms with van der Waals surface area (Å²) in [6.45, 7) is 0.168. The van der Waals surface area contributed by atoms with E-state index in [0.29, 0.717) is 23.4 Å². The molecule has 1 atom stereocenters. The minimum absolute atomic E-state index is 0.0671. The van der Waals surface area contributed by atoms with E-state index in [1.807, 2.05) is 0 Å². The summed E-state index contributed by atoms with van der Waals surface area (Å²) in [6.07, 6.45) is -3.82. The molecule has 2 aromatic rings. The van der Waals surface area contributed by atoms with E-state index in [1.165, 1.54) is 22.5 Å². The normalized spacial score (nSPS) is 17.9. The fourth-order valence-corrected chi connectivity index (χ4v) is 5.55. The van der Waals surface area contributed by atoms with E-state index < -0.39 is 38.6 Å². The lowest BCUT2D eigenvalue weighted by atomic mass is 9.98.